The van der Waals surface area contributed by atoms with Crippen LogP contribution in [0.4, 0.5) is 0 Å². The van der Waals surface area contributed by atoms with Crippen molar-refractivity contribution in [2.24, 2.45) is 0 Å². The average Bonchev–Trinajstić information content (AvgIpc) is 2.59. The third kappa shape index (κ3) is 4.57. The van der Waals surface area contributed by atoms with Gasteiger partial charge in [0, 0.05) is 31.7 Å². The van der Waals surface area contributed by atoms with Gasteiger partial charge < -0.3 is 14.2 Å². The molecule has 23 heavy (non-hydrogen) atoms. The molecule has 8 heteroatoms. The Labute approximate surface area is 137 Å². The summed E-state index contributed by atoms with van der Waals surface area (Å²) in [4.78, 5) is 2.28. The molecule has 1 saturated heterocycles. The minimum Gasteiger partial charge on any atom is -0.497 e. The summed E-state index contributed by atoms with van der Waals surface area (Å²) < 4.78 is 43.4. The standard InChI is InChI=1S/C15H24N2O5S/c1-12(17-6-8-22-9-7-17)11-16-23(18,19)15-10-13(20-2)4-5-14(15)21-3/h4-5,10,12,16H,6-9,11H2,1-3H3/t12-/m0/s1. The molecule has 7 nitrogen and oxygen atoms in total. The molecular formula is C15H24N2O5S. The van der Waals surface area contributed by atoms with E-state index in [1.807, 2.05) is 6.92 Å². The number of benzene rings is 1. The number of hydrogen-bond acceptors (Lipinski definition) is 6. The Bertz CT molecular complexity index is 614. The molecule has 0 amide bonds. The van der Waals surface area contributed by atoms with E-state index in [2.05, 4.69) is 9.62 Å². The highest BCUT2D eigenvalue weighted by atomic mass is 32.2. The number of ether oxygens (including phenoxy) is 3. The van der Waals surface area contributed by atoms with Crippen LogP contribution in [0.25, 0.3) is 0 Å². The Morgan fingerprint density at radius 1 is 1.26 bits per heavy atom. The number of nitrogens with one attached hydrogen (secondary N) is 1. The first kappa shape index (κ1) is 18.0. The zero-order valence-corrected chi connectivity index (χ0v) is 14.6. The second-order valence-electron chi connectivity index (χ2n) is 5.37. The normalized spacial score (nSPS) is 17.7. The fourth-order valence-electron chi connectivity index (χ4n) is 2.45. The molecule has 1 fully saturated rings. The molecule has 0 aliphatic carbocycles. The van der Waals surface area contributed by atoms with Gasteiger partial charge in [-0.15, -0.1) is 0 Å². The summed E-state index contributed by atoms with van der Waals surface area (Å²) in [6, 6.07) is 4.79. The summed E-state index contributed by atoms with van der Waals surface area (Å²) >= 11 is 0. The molecule has 2 rings (SSSR count). The van der Waals surface area contributed by atoms with E-state index in [9.17, 15) is 8.42 Å². The van der Waals surface area contributed by atoms with Crippen molar-refractivity contribution in [3.8, 4) is 11.5 Å². The van der Waals surface area contributed by atoms with Gasteiger partial charge in [-0.05, 0) is 19.1 Å². The molecule has 0 radical (unpaired) electrons. The zero-order valence-electron chi connectivity index (χ0n) is 13.7. The van der Waals surface area contributed by atoms with E-state index in [1.165, 1.54) is 20.3 Å². The van der Waals surface area contributed by atoms with Gasteiger partial charge in [0.25, 0.3) is 0 Å². The average molecular weight is 344 g/mol. The van der Waals surface area contributed by atoms with Gasteiger partial charge in [0.15, 0.2) is 0 Å². The van der Waals surface area contributed by atoms with Crippen molar-refractivity contribution in [1.29, 1.82) is 0 Å². The molecular weight excluding hydrogens is 320 g/mol. The van der Waals surface area contributed by atoms with E-state index in [1.54, 1.807) is 12.1 Å². The quantitative estimate of drug-likeness (QED) is 0.785. The topological polar surface area (TPSA) is 77.1 Å². The fourth-order valence-corrected chi connectivity index (χ4v) is 3.75. The van der Waals surface area contributed by atoms with Gasteiger partial charge in [-0.1, -0.05) is 0 Å². The smallest absolute Gasteiger partial charge is 0.244 e. The lowest BCUT2D eigenvalue weighted by atomic mass is 10.2. The van der Waals surface area contributed by atoms with Gasteiger partial charge in [0.2, 0.25) is 10.0 Å². The number of methoxy groups -OCH3 is 2. The van der Waals surface area contributed by atoms with Gasteiger partial charge in [-0.2, -0.15) is 0 Å². The predicted octanol–water partition coefficient (Wildman–Crippen LogP) is 0.703. The van der Waals surface area contributed by atoms with Crippen LogP contribution in [0.5, 0.6) is 11.5 Å². The molecule has 0 saturated carbocycles. The van der Waals surface area contributed by atoms with Crippen molar-refractivity contribution in [2.45, 2.75) is 17.9 Å². The molecule has 0 bridgehead atoms. The highest BCUT2D eigenvalue weighted by Crippen LogP contribution is 2.28. The third-order valence-electron chi connectivity index (χ3n) is 3.90. The summed E-state index contributed by atoms with van der Waals surface area (Å²) in [6.45, 7) is 5.30. The summed E-state index contributed by atoms with van der Waals surface area (Å²) in [7, 11) is -0.748. The SMILES string of the molecule is COc1ccc(OC)c(S(=O)(=O)NC[C@H](C)N2CCOCC2)c1. The Balaban J connectivity index is 2.09. The predicted molar refractivity (Wildman–Crippen MR) is 86.6 cm³/mol. The minimum absolute atomic E-state index is 0.0773. The van der Waals surface area contributed by atoms with Crippen LogP contribution >= 0.6 is 0 Å². The maximum Gasteiger partial charge on any atom is 0.244 e. The summed E-state index contributed by atoms with van der Waals surface area (Å²) in [5, 5.41) is 0. The zero-order chi connectivity index (χ0) is 16.9. The molecule has 130 valence electrons. The number of nitrogens with zero attached hydrogens (tertiary/aromatic N) is 1. The second-order valence-corrected chi connectivity index (χ2v) is 7.10. The maximum absolute atomic E-state index is 12.6. The van der Waals surface area contributed by atoms with Crippen molar-refractivity contribution >= 4 is 10.0 Å². The van der Waals surface area contributed by atoms with Gasteiger partial charge in [0.05, 0.1) is 27.4 Å². The van der Waals surface area contributed by atoms with Crippen LogP contribution in [-0.4, -0.2) is 66.4 Å². The van der Waals surface area contributed by atoms with Crippen LogP contribution in [0.15, 0.2) is 23.1 Å². The molecule has 1 aromatic carbocycles. The number of sulfonamides is 1. The number of rotatable bonds is 7. The van der Waals surface area contributed by atoms with Gasteiger partial charge >= 0.3 is 0 Å². The van der Waals surface area contributed by atoms with Crippen molar-refractivity contribution in [2.75, 3.05) is 47.1 Å². The lowest BCUT2D eigenvalue weighted by Crippen LogP contribution is -2.47. The largest absolute Gasteiger partial charge is 0.497 e. The molecule has 0 unspecified atom stereocenters. The lowest BCUT2D eigenvalue weighted by molar-refractivity contribution is 0.0213. The van der Waals surface area contributed by atoms with Crippen LogP contribution < -0.4 is 14.2 Å². The van der Waals surface area contributed by atoms with Crippen molar-refractivity contribution < 1.29 is 22.6 Å². The van der Waals surface area contributed by atoms with Gasteiger partial charge in [0.1, 0.15) is 16.4 Å². The number of morpholine rings is 1. The Morgan fingerprint density at radius 3 is 2.57 bits per heavy atom. The van der Waals surface area contributed by atoms with Crippen LogP contribution in [-0.2, 0) is 14.8 Å². The molecule has 0 spiro atoms. The number of hydrogen-bond donors (Lipinski definition) is 1. The third-order valence-corrected chi connectivity index (χ3v) is 5.34. The Kier molecular flexibility index (Phi) is 6.23. The van der Waals surface area contributed by atoms with Crippen molar-refractivity contribution in [3.05, 3.63) is 18.2 Å². The fraction of sp³-hybridized carbons (Fsp3) is 0.600. The summed E-state index contributed by atoms with van der Waals surface area (Å²) in [6.07, 6.45) is 0. The van der Waals surface area contributed by atoms with Crippen LogP contribution in [0.2, 0.25) is 0 Å². The first-order chi connectivity index (χ1) is 11.0. The lowest BCUT2D eigenvalue weighted by Gasteiger charge is -2.32. The molecule has 1 aromatic rings. The summed E-state index contributed by atoms with van der Waals surface area (Å²) in [5.41, 5.74) is 0. The molecule has 1 aliphatic heterocycles. The van der Waals surface area contributed by atoms with E-state index in [0.717, 1.165) is 13.1 Å². The second kappa shape index (κ2) is 7.96. The summed E-state index contributed by atoms with van der Waals surface area (Å²) in [5.74, 6) is 0.754. The molecule has 1 aliphatic rings. The van der Waals surface area contributed by atoms with E-state index in [-0.39, 0.29) is 16.7 Å². The maximum atomic E-state index is 12.6. The molecule has 1 atom stereocenters. The first-order valence-corrected chi connectivity index (χ1v) is 8.99. The van der Waals surface area contributed by atoms with E-state index in [4.69, 9.17) is 14.2 Å². The van der Waals surface area contributed by atoms with Gasteiger partial charge in [-0.25, -0.2) is 13.1 Å². The van der Waals surface area contributed by atoms with Crippen molar-refractivity contribution in [3.63, 3.8) is 0 Å². The van der Waals surface area contributed by atoms with Crippen LogP contribution in [0.3, 0.4) is 0 Å². The van der Waals surface area contributed by atoms with Crippen molar-refractivity contribution in [1.82, 2.24) is 9.62 Å². The monoisotopic (exact) mass is 344 g/mol. The highest BCUT2D eigenvalue weighted by Gasteiger charge is 2.23. The van der Waals surface area contributed by atoms with Crippen LogP contribution in [0, 0.1) is 0 Å². The van der Waals surface area contributed by atoms with E-state index < -0.39 is 10.0 Å². The minimum atomic E-state index is -3.68. The molecule has 1 heterocycles. The van der Waals surface area contributed by atoms with E-state index in [0.29, 0.717) is 25.5 Å². The van der Waals surface area contributed by atoms with Gasteiger partial charge in [-0.3, -0.25) is 4.90 Å². The Hall–Kier alpha value is -1.35. The molecule has 0 aromatic heterocycles. The van der Waals surface area contributed by atoms with E-state index >= 15 is 0 Å². The van der Waals surface area contributed by atoms with Crippen LogP contribution in [0.1, 0.15) is 6.92 Å². The molecule has 1 N–H and O–H groups in total. The first-order valence-electron chi connectivity index (χ1n) is 7.51. The highest BCUT2D eigenvalue weighted by molar-refractivity contribution is 7.89. The Morgan fingerprint density at radius 2 is 1.96 bits per heavy atom.